The quantitative estimate of drug-likeness (QED) is 0.812. The van der Waals surface area contributed by atoms with Gasteiger partial charge in [0, 0.05) is 12.8 Å². The Kier molecular flexibility index (Phi) is 3.98. The fraction of sp³-hybridized carbons (Fsp3) is 0.625. The maximum Gasteiger partial charge on any atom is 0.408 e. The highest BCUT2D eigenvalue weighted by Gasteiger charge is 2.28. The minimum Gasteiger partial charge on any atom is -0.375 e. The normalized spacial score (nSPS) is 12.1. The molecule has 0 saturated heterocycles. The number of halogens is 4. The van der Waals surface area contributed by atoms with E-state index in [4.69, 9.17) is 16.3 Å². The SMILES string of the molecule is CCOCc1nn(CC(F)(F)F)cc1Cl. The average molecular weight is 243 g/mol. The van der Waals surface area contributed by atoms with Crippen LogP contribution in [0.15, 0.2) is 6.20 Å². The van der Waals surface area contributed by atoms with Gasteiger partial charge in [-0.05, 0) is 6.92 Å². The lowest BCUT2D eigenvalue weighted by molar-refractivity contribution is -0.142. The molecule has 0 radical (unpaired) electrons. The van der Waals surface area contributed by atoms with Crippen molar-refractivity contribution in [2.45, 2.75) is 26.3 Å². The molecule has 0 aromatic carbocycles. The molecule has 0 aliphatic heterocycles. The van der Waals surface area contributed by atoms with Crippen molar-refractivity contribution in [2.75, 3.05) is 6.61 Å². The van der Waals surface area contributed by atoms with Gasteiger partial charge in [-0.25, -0.2) is 0 Å². The summed E-state index contributed by atoms with van der Waals surface area (Å²) < 4.78 is 41.8. The van der Waals surface area contributed by atoms with Gasteiger partial charge in [0.05, 0.1) is 11.6 Å². The van der Waals surface area contributed by atoms with E-state index in [1.165, 1.54) is 0 Å². The monoisotopic (exact) mass is 242 g/mol. The lowest BCUT2D eigenvalue weighted by atomic mass is 10.5. The van der Waals surface area contributed by atoms with Crippen molar-refractivity contribution in [2.24, 2.45) is 0 Å². The topological polar surface area (TPSA) is 27.1 Å². The van der Waals surface area contributed by atoms with Gasteiger partial charge in [-0.1, -0.05) is 11.6 Å². The number of nitrogens with zero attached hydrogens (tertiary/aromatic N) is 2. The van der Waals surface area contributed by atoms with Crippen LogP contribution in [0.1, 0.15) is 12.6 Å². The summed E-state index contributed by atoms with van der Waals surface area (Å²) in [7, 11) is 0. The molecule has 0 bridgehead atoms. The lowest BCUT2D eigenvalue weighted by Gasteiger charge is -2.05. The van der Waals surface area contributed by atoms with Crippen LogP contribution in [0.25, 0.3) is 0 Å². The Labute approximate surface area is 89.8 Å². The van der Waals surface area contributed by atoms with Gasteiger partial charge in [0.2, 0.25) is 0 Å². The third-order valence-electron chi connectivity index (χ3n) is 1.57. The minimum absolute atomic E-state index is 0.125. The average Bonchev–Trinajstić information content (AvgIpc) is 2.39. The van der Waals surface area contributed by atoms with E-state index in [1.54, 1.807) is 6.92 Å². The van der Waals surface area contributed by atoms with Gasteiger partial charge in [-0.2, -0.15) is 18.3 Å². The highest BCUT2D eigenvalue weighted by Crippen LogP contribution is 2.20. The fourth-order valence-electron chi connectivity index (χ4n) is 0.998. The summed E-state index contributed by atoms with van der Waals surface area (Å²) in [6.45, 7) is 1.22. The summed E-state index contributed by atoms with van der Waals surface area (Å²) in [4.78, 5) is 0. The first-order valence-corrected chi connectivity index (χ1v) is 4.66. The summed E-state index contributed by atoms with van der Waals surface area (Å²) >= 11 is 5.68. The Balaban J connectivity index is 2.68. The number of ether oxygens (including phenoxy) is 1. The highest BCUT2D eigenvalue weighted by molar-refractivity contribution is 6.31. The molecule has 0 amide bonds. The van der Waals surface area contributed by atoms with E-state index in [0.29, 0.717) is 12.3 Å². The van der Waals surface area contributed by atoms with Crippen LogP contribution in [0, 0.1) is 0 Å². The zero-order valence-electron chi connectivity index (χ0n) is 8.01. The molecule has 0 fully saturated rings. The second-order valence-corrected chi connectivity index (χ2v) is 3.28. The molecule has 0 aliphatic rings. The van der Waals surface area contributed by atoms with E-state index in [0.717, 1.165) is 10.9 Å². The molecular formula is C8H10ClF3N2O. The van der Waals surface area contributed by atoms with Gasteiger partial charge in [0.25, 0.3) is 0 Å². The van der Waals surface area contributed by atoms with Gasteiger partial charge in [-0.15, -0.1) is 0 Å². The summed E-state index contributed by atoms with van der Waals surface area (Å²) in [5.74, 6) is 0. The predicted molar refractivity (Wildman–Crippen MR) is 48.6 cm³/mol. The van der Waals surface area contributed by atoms with Gasteiger partial charge in [0.1, 0.15) is 12.2 Å². The molecule has 0 aliphatic carbocycles. The van der Waals surface area contributed by atoms with Crippen LogP contribution in [-0.4, -0.2) is 22.6 Å². The largest absolute Gasteiger partial charge is 0.408 e. The van der Waals surface area contributed by atoms with Crippen LogP contribution in [-0.2, 0) is 17.9 Å². The second kappa shape index (κ2) is 4.85. The maximum atomic E-state index is 12.0. The third kappa shape index (κ3) is 4.09. The van der Waals surface area contributed by atoms with Crippen molar-refractivity contribution in [1.29, 1.82) is 0 Å². The molecule has 0 N–H and O–H groups in total. The van der Waals surface area contributed by atoms with Crippen molar-refractivity contribution in [3.63, 3.8) is 0 Å². The summed E-state index contributed by atoms with van der Waals surface area (Å²) in [6.07, 6.45) is -3.15. The Morgan fingerprint density at radius 3 is 2.73 bits per heavy atom. The predicted octanol–water partition coefficient (Wildman–Crippen LogP) is 2.64. The molecule has 7 heteroatoms. The van der Waals surface area contributed by atoms with E-state index in [-0.39, 0.29) is 11.6 Å². The molecule has 15 heavy (non-hydrogen) atoms. The molecule has 1 heterocycles. The molecule has 0 atom stereocenters. The van der Waals surface area contributed by atoms with E-state index < -0.39 is 12.7 Å². The number of aromatic nitrogens is 2. The van der Waals surface area contributed by atoms with Crippen molar-refractivity contribution in [3.05, 3.63) is 16.9 Å². The number of rotatable bonds is 4. The molecule has 86 valence electrons. The number of hydrogen-bond acceptors (Lipinski definition) is 2. The Hall–Kier alpha value is -0.750. The van der Waals surface area contributed by atoms with Crippen LogP contribution in [0.4, 0.5) is 13.2 Å². The van der Waals surface area contributed by atoms with Crippen LogP contribution < -0.4 is 0 Å². The molecule has 1 rings (SSSR count). The van der Waals surface area contributed by atoms with Crippen molar-refractivity contribution in [3.8, 4) is 0 Å². The molecule has 0 unspecified atom stereocenters. The van der Waals surface area contributed by atoms with Crippen LogP contribution in [0.3, 0.4) is 0 Å². The van der Waals surface area contributed by atoms with Crippen molar-refractivity contribution >= 4 is 11.6 Å². The summed E-state index contributed by atoms with van der Waals surface area (Å²) in [5, 5.41) is 3.86. The smallest absolute Gasteiger partial charge is 0.375 e. The Morgan fingerprint density at radius 1 is 1.53 bits per heavy atom. The Morgan fingerprint density at radius 2 is 2.20 bits per heavy atom. The number of hydrogen-bond donors (Lipinski definition) is 0. The van der Waals surface area contributed by atoms with Crippen molar-refractivity contribution in [1.82, 2.24) is 9.78 Å². The van der Waals surface area contributed by atoms with Crippen LogP contribution in [0.5, 0.6) is 0 Å². The third-order valence-corrected chi connectivity index (χ3v) is 1.89. The van der Waals surface area contributed by atoms with Gasteiger partial charge in [-0.3, -0.25) is 4.68 Å². The molecule has 3 nitrogen and oxygen atoms in total. The molecule has 0 spiro atoms. The van der Waals surface area contributed by atoms with E-state index in [1.807, 2.05) is 0 Å². The zero-order valence-corrected chi connectivity index (χ0v) is 8.77. The second-order valence-electron chi connectivity index (χ2n) is 2.87. The fourth-order valence-corrected chi connectivity index (χ4v) is 1.20. The van der Waals surface area contributed by atoms with Gasteiger partial charge < -0.3 is 4.74 Å². The molecule has 0 saturated carbocycles. The molecule has 1 aromatic rings. The van der Waals surface area contributed by atoms with E-state index in [2.05, 4.69) is 5.10 Å². The Bertz CT molecular complexity index is 324. The van der Waals surface area contributed by atoms with Gasteiger partial charge >= 0.3 is 6.18 Å². The zero-order chi connectivity index (χ0) is 11.5. The van der Waals surface area contributed by atoms with E-state index >= 15 is 0 Å². The summed E-state index contributed by atoms with van der Waals surface area (Å²) in [6, 6.07) is 0. The van der Waals surface area contributed by atoms with E-state index in [9.17, 15) is 13.2 Å². The molecule has 1 aromatic heterocycles. The minimum atomic E-state index is -4.29. The first-order valence-electron chi connectivity index (χ1n) is 4.28. The van der Waals surface area contributed by atoms with Crippen molar-refractivity contribution < 1.29 is 17.9 Å². The first-order chi connectivity index (χ1) is 6.92. The highest BCUT2D eigenvalue weighted by atomic mass is 35.5. The van der Waals surface area contributed by atoms with Crippen LogP contribution >= 0.6 is 11.6 Å². The maximum absolute atomic E-state index is 12.0. The summed E-state index contributed by atoms with van der Waals surface area (Å²) in [5.41, 5.74) is 0.322. The van der Waals surface area contributed by atoms with Gasteiger partial charge in [0.15, 0.2) is 0 Å². The first kappa shape index (κ1) is 12.3. The lowest BCUT2D eigenvalue weighted by Crippen LogP contribution is -2.18. The van der Waals surface area contributed by atoms with Crippen LogP contribution in [0.2, 0.25) is 5.02 Å². The standard InChI is InChI=1S/C8H10ClF3N2O/c1-2-15-4-7-6(9)3-14(13-7)5-8(10,11)12/h3H,2,4-5H2,1H3. The molecular weight excluding hydrogens is 233 g/mol. The number of alkyl halides is 3.